The Labute approximate surface area is 332 Å². The third-order valence-corrected chi connectivity index (χ3v) is 12.3. The van der Waals surface area contributed by atoms with Crippen molar-refractivity contribution in [3.8, 4) is 35.4 Å². The molecular weight excluding hydrogens is 763 g/mol. The molecule has 308 valence electrons. The topological polar surface area (TPSA) is 113 Å². The van der Waals surface area contributed by atoms with Gasteiger partial charge in [-0.2, -0.15) is 23.1 Å². The zero-order chi connectivity index (χ0) is 41.0. The van der Waals surface area contributed by atoms with Gasteiger partial charge in [0.25, 0.3) is 0 Å². The van der Waals surface area contributed by atoms with Crippen LogP contribution in [0.5, 0.6) is 11.8 Å². The maximum atomic E-state index is 17.0. The van der Waals surface area contributed by atoms with Crippen LogP contribution in [0.2, 0.25) is 0 Å². The average molecular weight is 809 g/mol. The number of phenolic OH excluding ortho intramolecular Hbond substituents is 1. The molecule has 11 nitrogen and oxygen atoms in total. The van der Waals surface area contributed by atoms with Gasteiger partial charge in [0.05, 0.1) is 24.2 Å². The third-order valence-electron chi connectivity index (χ3n) is 12.3. The van der Waals surface area contributed by atoms with E-state index in [1.165, 1.54) is 35.4 Å². The van der Waals surface area contributed by atoms with Crippen molar-refractivity contribution >= 4 is 33.6 Å². The number of rotatable bonds is 8. The molecule has 0 bridgehead atoms. The first kappa shape index (κ1) is 39.8. The molecule has 4 aliphatic rings. The first-order valence-corrected chi connectivity index (χ1v) is 19.7. The number of pyridine rings is 1. The largest absolute Gasteiger partial charge is 0.508 e. The molecule has 8 rings (SSSR count). The monoisotopic (exact) mass is 808 g/mol. The number of nitrogens with zero attached hydrogens (tertiary/aromatic N) is 6. The fourth-order valence-electron chi connectivity index (χ4n) is 9.17. The quantitative estimate of drug-likeness (QED) is 0.142. The highest BCUT2D eigenvalue weighted by Crippen LogP contribution is 2.49. The number of piperidine rings is 1. The van der Waals surface area contributed by atoms with Crippen LogP contribution in [0.1, 0.15) is 57.9 Å². The number of benzene rings is 2. The minimum atomic E-state index is -4.68. The van der Waals surface area contributed by atoms with E-state index in [2.05, 4.69) is 20.8 Å². The summed E-state index contributed by atoms with van der Waals surface area (Å²) in [5, 5.41) is 11.6. The Kier molecular flexibility index (Phi) is 10.5. The minimum Gasteiger partial charge on any atom is -0.508 e. The molecule has 5 heterocycles. The van der Waals surface area contributed by atoms with Crippen LogP contribution in [0, 0.1) is 35.3 Å². The fraction of sp³-hybridized carbons (Fsp3) is 0.524. The van der Waals surface area contributed by atoms with Crippen molar-refractivity contribution < 1.29 is 46.1 Å². The number of amides is 1. The number of anilines is 1. The molecule has 16 heteroatoms. The SMILES string of the molecule is C#Cc1c(F)ccc2cc(O)cc(-c3ncc4c(N5CCCOCC5)nc(OCC56CCCC5N(CC5CN(C(=O)OC(C)(C)C(F)(F)F)C5)CCC6)nc4c3F)c12. The summed E-state index contributed by atoms with van der Waals surface area (Å²) in [6.07, 6.45) is 6.86. The minimum absolute atomic E-state index is 0.00748. The Morgan fingerprint density at radius 2 is 1.86 bits per heavy atom. The van der Waals surface area contributed by atoms with E-state index in [9.17, 15) is 27.5 Å². The highest BCUT2D eigenvalue weighted by atomic mass is 19.4. The summed E-state index contributed by atoms with van der Waals surface area (Å²) in [6.45, 7) is 6.21. The molecule has 2 aromatic heterocycles. The van der Waals surface area contributed by atoms with E-state index in [1.54, 1.807) is 0 Å². The Bertz CT molecular complexity index is 2270. The molecule has 4 fully saturated rings. The zero-order valence-corrected chi connectivity index (χ0v) is 32.4. The summed E-state index contributed by atoms with van der Waals surface area (Å²) in [7, 11) is 0. The van der Waals surface area contributed by atoms with Gasteiger partial charge in [0.15, 0.2) is 5.82 Å². The van der Waals surface area contributed by atoms with Crippen molar-refractivity contribution in [3.05, 3.63) is 47.7 Å². The second-order valence-corrected chi connectivity index (χ2v) is 16.4. The van der Waals surface area contributed by atoms with E-state index in [0.717, 1.165) is 58.9 Å². The van der Waals surface area contributed by atoms with Gasteiger partial charge in [0, 0.05) is 73.9 Å². The second-order valence-electron chi connectivity index (χ2n) is 16.4. The Morgan fingerprint density at radius 1 is 1.07 bits per heavy atom. The lowest BCUT2D eigenvalue weighted by molar-refractivity contribution is -0.247. The number of phenols is 1. The van der Waals surface area contributed by atoms with E-state index < -0.39 is 29.5 Å². The zero-order valence-electron chi connectivity index (χ0n) is 32.4. The van der Waals surface area contributed by atoms with E-state index >= 15 is 4.39 Å². The maximum absolute atomic E-state index is 17.0. The number of hydrogen-bond acceptors (Lipinski definition) is 10. The van der Waals surface area contributed by atoms with Gasteiger partial charge >= 0.3 is 18.3 Å². The molecule has 1 amide bonds. The molecule has 3 saturated heterocycles. The maximum Gasteiger partial charge on any atom is 0.427 e. The lowest BCUT2D eigenvalue weighted by Gasteiger charge is -2.49. The van der Waals surface area contributed by atoms with Crippen LogP contribution in [0.4, 0.5) is 32.6 Å². The number of ether oxygens (including phenoxy) is 3. The van der Waals surface area contributed by atoms with Crippen molar-refractivity contribution in [2.45, 2.75) is 70.2 Å². The number of alkyl halides is 3. The Hall–Kier alpha value is -5.01. The molecule has 1 aliphatic carbocycles. The fourth-order valence-corrected chi connectivity index (χ4v) is 9.17. The molecule has 58 heavy (non-hydrogen) atoms. The van der Waals surface area contributed by atoms with Gasteiger partial charge in [-0.15, -0.1) is 6.42 Å². The smallest absolute Gasteiger partial charge is 0.427 e. The molecule has 4 aromatic rings. The first-order chi connectivity index (χ1) is 27.7. The van der Waals surface area contributed by atoms with E-state index in [0.29, 0.717) is 62.5 Å². The van der Waals surface area contributed by atoms with Gasteiger partial charge < -0.3 is 29.1 Å². The number of aromatic hydroxyl groups is 1. The normalized spacial score (nSPS) is 22.1. The summed E-state index contributed by atoms with van der Waals surface area (Å²) in [5.74, 6) is 1.25. The molecule has 0 radical (unpaired) electrons. The van der Waals surface area contributed by atoms with Gasteiger partial charge in [-0.25, -0.2) is 13.6 Å². The first-order valence-electron chi connectivity index (χ1n) is 19.7. The van der Waals surface area contributed by atoms with Crippen LogP contribution < -0.4 is 9.64 Å². The third kappa shape index (κ3) is 7.31. The summed E-state index contributed by atoms with van der Waals surface area (Å²) in [5.41, 5.74) is -3.03. The summed E-state index contributed by atoms with van der Waals surface area (Å²) in [6, 6.07) is 5.54. The van der Waals surface area contributed by atoms with Crippen molar-refractivity contribution in [2.75, 3.05) is 64.0 Å². The summed E-state index contributed by atoms with van der Waals surface area (Å²) in [4.78, 5) is 32.2. The molecule has 3 aliphatic heterocycles. The molecule has 1 N–H and O–H groups in total. The predicted octanol–water partition coefficient (Wildman–Crippen LogP) is 7.46. The summed E-state index contributed by atoms with van der Waals surface area (Å²) < 4.78 is 88.9. The Morgan fingerprint density at radius 3 is 2.64 bits per heavy atom. The Balaban J connectivity index is 1.07. The van der Waals surface area contributed by atoms with E-state index in [4.69, 9.17) is 25.6 Å². The molecule has 2 unspecified atom stereocenters. The van der Waals surface area contributed by atoms with Crippen molar-refractivity contribution in [1.29, 1.82) is 0 Å². The van der Waals surface area contributed by atoms with E-state index in [1.807, 2.05) is 4.90 Å². The highest BCUT2D eigenvalue weighted by Gasteiger charge is 2.53. The van der Waals surface area contributed by atoms with Gasteiger partial charge in [-0.05, 0) is 76.1 Å². The van der Waals surface area contributed by atoms with Gasteiger partial charge in [-0.3, -0.25) is 9.88 Å². The number of terminal acetylenes is 1. The number of hydrogen-bond donors (Lipinski definition) is 1. The van der Waals surface area contributed by atoms with Crippen LogP contribution in [0.25, 0.3) is 32.9 Å². The number of likely N-dealkylation sites (tertiary alicyclic amines) is 2. The number of aromatic nitrogens is 3. The lowest BCUT2D eigenvalue weighted by atomic mass is 9.75. The standard InChI is InChI=1S/C42H45F5N6O5/c1-4-28-31(43)10-9-26-18-27(54)19-29(33(26)28)35-34(44)36-30(20-48-35)37(51-14-7-16-56-17-15-51)50-38(49-36)57-24-41-11-5-8-32(41)52(13-6-12-41)21-25-22-53(23-25)39(55)58-40(2,3)42(45,46)47/h1,9-10,18-20,25,32,54H,5-8,11-17,21-24H2,2-3H3. The van der Waals surface area contributed by atoms with Crippen molar-refractivity contribution in [1.82, 2.24) is 24.8 Å². The second kappa shape index (κ2) is 15.3. The lowest BCUT2D eigenvalue weighted by Crippen LogP contribution is -2.59. The number of carbonyl (C=O) groups is 1. The van der Waals surface area contributed by atoms with Crippen LogP contribution in [0.15, 0.2) is 30.5 Å². The highest BCUT2D eigenvalue weighted by molar-refractivity contribution is 6.03. The van der Waals surface area contributed by atoms with Crippen molar-refractivity contribution in [3.63, 3.8) is 0 Å². The molecule has 2 atom stereocenters. The molecular formula is C42H45F5N6O5. The van der Waals surface area contributed by atoms with Crippen LogP contribution in [0.3, 0.4) is 0 Å². The number of fused-ring (bicyclic) bond motifs is 3. The predicted molar refractivity (Wildman–Crippen MR) is 205 cm³/mol. The van der Waals surface area contributed by atoms with Crippen molar-refractivity contribution in [2.24, 2.45) is 11.3 Å². The van der Waals surface area contributed by atoms with Gasteiger partial charge in [-0.1, -0.05) is 18.4 Å². The number of carbonyl (C=O) groups excluding carboxylic acids is 1. The van der Waals surface area contributed by atoms with Crippen LogP contribution in [-0.4, -0.2) is 113 Å². The number of halogens is 5. The van der Waals surface area contributed by atoms with Gasteiger partial charge in [0.1, 0.15) is 28.6 Å². The molecule has 1 saturated carbocycles. The van der Waals surface area contributed by atoms with Crippen LogP contribution in [-0.2, 0) is 9.47 Å². The van der Waals surface area contributed by atoms with Crippen LogP contribution >= 0.6 is 0 Å². The summed E-state index contributed by atoms with van der Waals surface area (Å²) >= 11 is 0. The molecule has 0 spiro atoms. The molecule has 2 aromatic carbocycles. The van der Waals surface area contributed by atoms with Gasteiger partial charge in [0.2, 0.25) is 5.60 Å². The average Bonchev–Trinajstić information content (AvgIpc) is 3.41. The van der Waals surface area contributed by atoms with E-state index in [-0.39, 0.29) is 63.5 Å².